The molecular formula is C32H34N2O2S. The standard InChI is InChI=1S/C32H34N2O2S/c1-4-24(2)34(32(36)29-18-16-28(17-19-29)27-13-9-6-10-14-27)23-31(35)33(21-26-11-7-5-8-12-26)22-30-20-15-25(3)37-30/h5-20,24H,4,21-23H2,1-3H3. The van der Waals surface area contributed by atoms with Gasteiger partial charge in [0.2, 0.25) is 5.91 Å². The summed E-state index contributed by atoms with van der Waals surface area (Å²) in [4.78, 5) is 33.3. The summed E-state index contributed by atoms with van der Waals surface area (Å²) in [5.41, 5.74) is 3.83. The summed E-state index contributed by atoms with van der Waals surface area (Å²) in [5.74, 6) is -0.168. The predicted molar refractivity (Wildman–Crippen MR) is 152 cm³/mol. The van der Waals surface area contributed by atoms with Gasteiger partial charge in [0.1, 0.15) is 6.54 Å². The molecule has 1 heterocycles. The van der Waals surface area contributed by atoms with Crippen LogP contribution in [-0.4, -0.2) is 34.2 Å². The fourth-order valence-corrected chi connectivity index (χ4v) is 5.20. The molecule has 4 aromatic rings. The summed E-state index contributed by atoms with van der Waals surface area (Å²) in [5, 5.41) is 0. The van der Waals surface area contributed by atoms with E-state index in [-0.39, 0.29) is 24.4 Å². The largest absolute Gasteiger partial charge is 0.332 e. The number of rotatable bonds is 10. The van der Waals surface area contributed by atoms with E-state index in [1.54, 1.807) is 16.2 Å². The number of aryl methyl sites for hydroxylation is 1. The Balaban J connectivity index is 1.54. The van der Waals surface area contributed by atoms with Crippen molar-refractivity contribution in [1.82, 2.24) is 9.80 Å². The number of carbonyl (C=O) groups excluding carboxylic acids is 2. The summed E-state index contributed by atoms with van der Waals surface area (Å²) in [6, 6.07) is 31.9. The average Bonchev–Trinajstić information content (AvgIpc) is 3.36. The monoisotopic (exact) mass is 510 g/mol. The lowest BCUT2D eigenvalue weighted by atomic mass is 10.0. The van der Waals surface area contributed by atoms with Gasteiger partial charge in [-0.25, -0.2) is 0 Å². The molecule has 1 aromatic heterocycles. The first-order chi connectivity index (χ1) is 17.9. The Kier molecular flexibility index (Phi) is 8.91. The van der Waals surface area contributed by atoms with Crippen molar-refractivity contribution < 1.29 is 9.59 Å². The molecule has 0 aliphatic carbocycles. The normalized spacial score (nSPS) is 11.6. The van der Waals surface area contributed by atoms with Gasteiger partial charge in [0, 0.05) is 27.9 Å². The minimum absolute atomic E-state index is 0.0471. The molecule has 0 N–H and O–H groups in total. The van der Waals surface area contributed by atoms with E-state index in [1.807, 2.05) is 91.5 Å². The van der Waals surface area contributed by atoms with E-state index < -0.39 is 0 Å². The zero-order valence-corrected chi connectivity index (χ0v) is 22.6. The molecule has 0 spiro atoms. The summed E-state index contributed by atoms with van der Waals surface area (Å²) in [6.07, 6.45) is 0.768. The number of thiophene rings is 1. The first-order valence-corrected chi connectivity index (χ1v) is 13.6. The van der Waals surface area contributed by atoms with Gasteiger partial charge >= 0.3 is 0 Å². The fraction of sp³-hybridized carbons (Fsp3) is 0.250. The van der Waals surface area contributed by atoms with E-state index in [9.17, 15) is 9.59 Å². The van der Waals surface area contributed by atoms with E-state index in [0.29, 0.717) is 18.7 Å². The number of hydrogen-bond donors (Lipinski definition) is 0. The van der Waals surface area contributed by atoms with Gasteiger partial charge in [-0.05, 0) is 61.2 Å². The zero-order valence-electron chi connectivity index (χ0n) is 21.8. The van der Waals surface area contributed by atoms with Crippen LogP contribution in [-0.2, 0) is 17.9 Å². The topological polar surface area (TPSA) is 40.6 Å². The highest BCUT2D eigenvalue weighted by Crippen LogP contribution is 2.22. The number of hydrogen-bond acceptors (Lipinski definition) is 3. The van der Waals surface area contributed by atoms with E-state index >= 15 is 0 Å². The highest BCUT2D eigenvalue weighted by atomic mass is 32.1. The molecule has 1 unspecified atom stereocenters. The van der Waals surface area contributed by atoms with Crippen molar-refractivity contribution >= 4 is 23.2 Å². The molecular weight excluding hydrogens is 476 g/mol. The van der Waals surface area contributed by atoms with E-state index in [0.717, 1.165) is 28.0 Å². The van der Waals surface area contributed by atoms with E-state index in [2.05, 4.69) is 31.2 Å². The van der Waals surface area contributed by atoms with Gasteiger partial charge in [0.25, 0.3) is 5.91 Å². The third-order valence-corrected chi connectivity index (χ3v) is 7.63. The fourth-order valence-electron chi connectivity index (χ4n) is 4.29. The lowest BCUT2D eigenvalue weighted by Crippen LogP contribution is -2.46. The van der Waals surface area contributed by atoms with Gasteiger partial charge in [-0.3, -0.25) is 9.59 Å². The summed E-state index contributed by atoms with van der Waals surface area (Å²) in [7, 11) is 0. The molecule has 4 nitrogen and oxygen atoms in total. The maximum absolute atomic E-state index is 13.7. The van der Waals surface area contributed by atoms with Crippen molar-refractivity contribution in [1.29, 1.82) is 0 Å². The lowest BCUT2D eigenvalue weighted by Gasteiger charge is -2.31. The molecule has 5 heteroatoms. The number of benzene rings is 3. The molecule has 0 aliphatic rings. The molecule has 1 atom stereocenters. The van der Waals surface area contributed by atoms with Crippen LogP contribution in [0.25, 0.3) is 11.1 Å². The van der Waals surface area contributed by atoms with Crippen LogP contribution >= 0.6 is 11.3 Å². The molecule has 4 rings (SSSR count). The molecule has 0 saturated carbocycles. The molecule has 2 amide bonds. The molecule has 0 radical (unpaired) electrons. The third-order valence-electron chi connectivity index (χ3n) is 6.64. The second kappa shape index (κ2) is 12.5. The van der Waals surface area contributed by atoms with Crippen molar-refractivity contribution in [2.75, 3.05) is 6.54 Å². The third kappa shape index (κ3) is 6.95. The highest BCUT2D eigenvalue weighted by Gasteiger charge is 2.26. The number of amides is 2. The van der Waals surface area contributed by atoms with Gasteiger partial charge in [0.15, 0.2) is 0 Å². The van der Waals surface area contributed by atoms with Gasteiger partial charge in [-0.15, -0.1) is 11.3 Å². The lowest BCUT2D eigenvalue weighted by molar-refractivity contribution is -0.133. The maximum Gasteiger partial charge on any atom is 0.254 e. The van der Waals surface area contributed by atoms with Crippen molar-refractivity contribution in [3.8, 4) is 11.1 Å². The molecule has 190 valence electrons. The van der Waals surface area contributed by atoms with Crippen molar-refractivity contribution in [2.24, 2.45) is 0 Å². The Bertz CT molecular complexity index is 1300. The Hall–Kier alpha value is -3.70. The second-order valence-electron chi connectivity index (χ2n) is 9.38. The number of carbonyl (C=O) groups is 2. The van der Waals surface area contributed by atoms with Crippen LogP contribution in [0, 0.1) is 6.92 Å². The van der Waals surface area contributed by atoms with Gasteiger partial charge in [0.05, 0.1) is 6.54 Å². The van der Waals surface area contributed by atoms with Crippen LogP contribution in [0.2, 0.25) is 0 Å². The molecule has 0 bridgehead atoms. The maximum atomic E-state index is 13.7. The van der Waals surface area contributed by atoms with Gasteiger partial charge in [-0.1, -0.05) is 79.7 Å². The first-order valence-electron chi connectivity index (χ1n) is 12.8. The van der Waals surface area contributed by atoms with Crippen molar-refractivity contribution in [2.45, 2.75) is 46.3 Å². The Labute approximate surface area is 224 Å². The van der Waals surface area contributed by atoms with E-state index in [4.69, 9.17) is 0 Å². The quantitative estimate of drug-likeness (QED) is 0.226. The molecule has 37 heavy (non-hydrogen) atoms. The minimum atomic E-state index is -0.117. The summed E-state index contributed by atoms with van der Waals surface area (Å²) < 4.78 is 0. The average molecular weight is 511 g/mol. The second-order valence-corrected chi connectivity index (χ2v) is 10.8. The molecule has 3 aromatic carbocycles. The summed E-state index contributed by atoms with van der Waals surface area (Å²) in [6.45, 7) is 7.21. The Morgan fingerprint density at radius 2 is 1.41 bits per heavy atom. The van der Waals surface area contributed by atoms with Crippen LogP contribution in [0.4, 0.5) is 0 Å². The van der Waals surface area contributed by atoms with Gasteiger partial charge in [-0.2, -0.15) is 0 Å². The van der Waals surface area contributed by atoms with Crippen LogP contribution in [0.15, 0.2) is 97.1 Å². The first kappa shape index (κ1) is 26.4. The minimum Gasteiger partial charge on any atom is -0.332 e. The zero-order chi connectivity index (χ0) is 26.2. The predicted octanol–water partition coefficient (Wildman–Crippen LogP) is 7.19. The Morgan fingerprint density at radius 1 is 0.784 bits per heavy atom. The van der Waals surface area contributed by atoms with Crippen LogP contribution < -0.4 is 0 Å². The van der Waals surface area contributed by atoms with Crippen LogP contribution in [0.3, 0.4) is 0 Å². The Morgan fingerprint density at radius 3 is 2.00 bits per heavy atom. The highest BCUT2D eigenvalue weighted by molar-refractivity contribution is 7.11. The van der Waals surface area contributed by atoms with Gasteiger partial charge < -0.3 is 9.80 Å². The smallest absolute Gasteiger partial charge is 0.254 e. The van der Waals surface area contributed by atoms with Crippen molar-refractivity contribution in [3.05, 3.63) is 118 Å². The van der Waals surface area contributed by atoms with Crippen LogP contribution in [0.5, 0.6) is 0 Å². The molecule has 0 fully saturated rings. The molecule has 0 saturated heterocycles. The van der Waals surface area contributed by atoms with Crippen molar-refractivity contribution in [3.63, 3.8) is 0 Å². The van der Waals surface area contributed by atoms with Crippen LogP contribution in [0.1, 0.15) is 45.9 Å². The summed E-state index contributed by atoms with van der Waals surface area (Å²) >= 11 is 1.70. The SMILES string of the molecule is CCC(C)N(CC(=O)N(Cc1ccccc1)Cc1ccc(C)s1)C(=O)c1ccc(-c2ccccc2)cc1. The van der Waals surface area contributed by atoms with E-state index in [1.165, 1.54) is 4.88 Å². The number of nitrogens with zero attached hydrogens (tertiary/aromatic N) is 2. The molecule has 0 aliphatic heterocycles.